The minimum atomic E-state index is -3.97. The summed E-state index contributed by atoms with van der Waals surface area (Å²) in [5, 5.41) is 0. The first-order valence-electron chi connectivity index (χ1n) is 8.73. The van der Waals surface area contributed by atoms with Crippen LogP contribution in [0, 0.1) is 5.82 Å². The van der Waals surface area contributed by atoms with Crippen molar-refractivity contribution in [2.45, 2.75) is 23.8 Å². The van der Waals surface area contributed by atoms with Gasteiger partial charge in [0.25, 0.3) is 0 Å². The second-order valence-corrected chi connectivity index (χ2v) is 9.11. The zero-order chi connectivity index (χ0) is 19.4. The van der Waals surface area contributed by atoms with Crippen LogP contribution in [0.3, 0.4) is 0 Å². The van der Waals surface area contributed by atoms with Crippen LogP contribution < -0.4 is 9.46 Å². The fraction of sp³-hybridized carbons (Fsp3) is 0.368. The smallest absolute Gasteiger partial charge is 0.243 e. The molecule has 0 saturated carbocycles. The summed E-state index contributed by atoms with van der Waals surface area (Å²) >= 11 is 3.19. The highest BCUT2D eigenvalue weighted by molar-refractivity contribution is 9.10. The van der Waals surface area contributed by atoms with E-state index >= 15 is 0 Å². The summed E-state index contributed by atoms with van der Waals surface area (Å²) in [4.78, 5) is 1.90. The number of sulfonamides is 1. The molecule has 0 bridgehead atoms. The number of nitrogens with zero attached hydrogens (tertiary/aromatic N) is 1. The van der Waals surface area contributed by atoms with Crippen LogP contribution in [0.4, 0.5) is 4.39 Å². The normalized spacial score (nSPS) is 16.4. The number of hydrogen-bond donors (Lipinski definition) is 1. The van der Waals surface area contributed by atoms with Gasteiger partial charge in [-0.15, -0.1) is 0 Å². The van der Waals surface area contributed by atoms with Crippen LogP contribution in [-0.4, -0.2) is 40.1 Å². The van der Waals surface area contributed by atoms with Gasteiger partial charge in [-0.1, -0.05) is 28.1 Å². The van der Waals surface area contributed by atoms with Crippen LogP contribution in [0.1, 0.15) is 24.4 Å². The summed E-state index contributed by atoms with van der Waals surface area (Å²) in [6.45, 7) is 1.98. The highest BCUT2D eigenvalue weighted by Gasteiger charge is 2.27. The highest BCUT2D eigenvalue weighted by Crippen LogP contribution is 2.27. The van der Waals surface area contributed by atoms with Crippen molar-refractivity contribution in [2.24, 2.45) is 0 Å². The molecule has 1 aliphatic rings. The Bertz CT molecular complexity index is 884. The molecule has 1 atom stereocenters. The Balaban J connectivity index is 1.82. The van der Waals surface area contributed by atoms with Crippen molar-refractivity contribution in [1.82, 2.24) is 9.62 Å². The number of likely N-dealkylation sites (tertiary alicyclic amines) is 1. The molecule has 27 heavy (non-hydrogen) atoms. The number of ether oxygens (including phenoxy) is 1. The maximum absolute atomic E-state index is 14.0. The lowest BCUT2D eigenvalue weighted by atomic mass is 10.1. The molecule has 0 aliphatic carbocycles. The van der Waals surface area contributed by atoms with Crippen LogP contribution in [-0.2, 0) is 10.0 Å². The predicted molar refractivity (Wildman–Crippen MR) is 106 cm³/mol. The van der Waals surface area contributed by atoms with Crippen molar-refractivity contribution < 1.29 is 17.5 Å². The average molecular weight is 457 g/mol. The maximum atomic E-state index is 14.0. The van der Waals surface area contributed by atoms with Crippen molar-refractivity contribution in [3.8, 4) is 5.75 Å². The van der Waals surface area contributed by atoms with Gasteiger partial charge in [0.1, 0.15) is 16.5 Å². The molecule has 2 aromatic carbocycles. The van der Waals surface area contributed by atoms with E-state index in [1.807, 2.05) is 24.3 Å². The number of benzene rings is 2. The summed E-state index contributed by atoms with van der Waals surface area (Å²) in [7, 11) is -2.36. The van der Waals surface area contributed by atoms with E-state index in [1.165, 1.54) is 12.1 Å². The van der Waals surface area contributed by atoms with E-state index in [0.717, 1.165) is 43.3 Å². The first-order chi connectivity index (χ1) is 12.9. The fourth-order valence-electron chi connectivity index (χ4n) is 3.29. The summed E-state index contributed by atoms with van der Waals surface area (Å²) in [5.41, 5.74) is 0.995. The van der Waals surface area contributed by atoms with E-state index in [0.29, 0.717) is 4.47 Å². The molecule has 1 heterocycles. The van der Waals surface area contributed by atoms with E-state index < -0.39 is 15.8 Å². The molecule has 0 aromatic heterocycles. The zero-order valence-corrected chi connectivity index (χ0v) is 17.4. The van der Waals surface area contributed by atoms with E-state index in [1.54, 1.807) is 7.11 Å². The van der Waals surface area contributed by atoms with Gasteiger partial charge in [-0.05, 0) is 61.8 Å². The van der Waals surface area contributed by atoms with Crippen LogP contribution in [0.15, 0.2) is 51.8 Å². The first kappa shape index (κ1) is 20.3. The first-order valence-corrected chi connectivity index (χ1v) is 11.0. The standard InChI is InChI=1S/C19H22BrFN2O3S/c1-26-16-7-4-14(5-8-16)18(23-10-2-3-11-23)13-22-27(24,25)19-12-15(20)6-9-17(19)21/h4-9,12,18,22H,2-3,10-11,13H2,1H3. The lowest BCUT2D eigenvalue weighted by Crippen LogP contribution is -2.37. The summed E-state index contributed by atoms with van der Waals surface area (Å²) in [5.74, 6) is -0.0245. The fourth-order valence-corrected chi connectivity index (χ4v) is 4.94. The molecule has 3 rings (SSSR count). The lowest BCUT2D eigenvalue weighted by molar-refractivity contribution is 0.246. The number of hydrogen-bond acceptors (Lipinski definition) is 4. The monoisotopic (exact) mass is 456 g/mol. The second kappa shape index (κ2) is 8.68. The topological polar surface area (TPSA) is 58.6 Å². The molecule has 0 radical (unpaired) electrons. The van der Waals surface area contributed by atoms with Gasteiger partial charge >= 0.3 is 0 Å². The lowest BCUT2D eigenvalue weighted by Gasteiger charge is -2.28. The van der Waals surface area contributed by atoms with Gasteiger partial charge in [-0.3, -0.25) is 4.90 Å². The van der Waals surface area contributed by atoms with Gasteiger partial charge in [-0.2, -0.15) is 0 Å². The Morgan fingerprint density at radius 2 is 1.85 bits per heavy atom. The molecular weight excluding hydrogens is 435 g/mol. The van der Waals surface area contributed by atoms with Crippen LogP contribution in [0.5, 0.6) is 5.75 Å². The Labute approximate surface area is 167 Å². The third-order valence-corrected chi connectivity index (χ3v) is 6.66. The number of methoxy groups -OCH3 is 1. The minimum absolute atomic E-state index is 0.122. The molecule has 8 heteroatoms. The second-order valence-electron chi connectivity index (χ2n) is 6.46. The summed E-state index contributed by atoms with van der Waals surface area (Å²) in [6, 6.07) is 11.4. The van der Waals surface area contributed by atoms with Crippen molar-refractivity contribution >= 4 is 26.0 Å². The van der Waals surface area contributed by atoms with E-state index in [4.69, 9.17) is 4.74 Å². The number of halogens is 2. The quantitative estimate of drug-likeness (QED) is 0.689. The van der Waals surface area contributed by atoms with E-state index in [9.17, 15) is 12.8 Å². The van der Waals surface area contributed by atoms with Crippen LogP contribution in [0.2, 0.25) is 0 Å². The van der Waals surface area contributed by atoms with Gasteiger partial charge in [0, 0.05) is 17.1 Å². The van der Waals surface area contributed by atoms with Gasteiger partial charge in [0.2, 0.25) is 10.0 Å². The van der Waals surface area contributed by atoms with E-state index in [2.05, 4.69) is 25.6 Å². The zero-order valence-electron chi connectivity index (χ0n) is 15.0. The molecule has 2 aromatic rings. The summed E-state index contributed by atoms with van der Waals surface area (Å²) < 4.78 is 47.6. The Morgan fingerprint density at radius 1 is 1.19 bits per heavy atom. The van der Waals surface area contributed by atoms with Gasteiger partial charge in [0.05, 0.1) is 7.11 Å². The van der Waals surface area contributed by atoms with E-state index in [-0.39, 0.29) is 17.5 Å². The third kappa shape index (κ3) is 4.87. The molecule has 1 aliphatic heterocycles. The molecule has 0 spiro atoms. The number of nitrogens with one attached hydrogen (secondary N) is 1. The molecule has 1 fully saturated rings. The maximum Gasteiger partial charge on any atom is 0.243 e. The molecule has 1 N–H and O–H groups in total. The average Bonchev–Trinajstić information content (AvgIpc) is 3.18. The van der Waals surface area contributed by atoms with Crippen LogP contribution in [0.25, 0.3) is 0 Å². The molecule has 1 unspecified atom stereocenters. The van der Waals surface area contributed by atoms with Gasteiger partial charge < -0.3 is 4.74 Å². The Morgan fingerprint density at radius 3 is 2.48 bits per heavy atom. The van der Waals surface area contributed by atoms with Crippen molar-refractivity contribution in [2.75, 3.05) is 26.7 Å². The Kier molecular flexibility index (Phi) is 6.52. The van der Waals surface area contributed by atoms with Crippen LogP contribution >= 0.6 is 15.9 Å². The molecular formula is C19H22BrFN2O3S. The SMILES string of the molecule is COc1ccc(C(CNS(=O)(=O)c2cc(Br)ccc2F)N2CCCC2)cc1. The highest BCUT2D eigenvalue weighted by atomic mass is 79.9. The minimum Gasteiger partial charge on any atom is -0.497 e. The summed E-state index contributed by atoms with van der Waals surface area (Å²) in [6.07, 6.45) is 2.17. The molecule has 5 nitrogen and oxygen atoms in total. The van der Waals surface area contributed by atoms with Crippen molar-refractivity contribution in [3.63, 3.8) is 0 Å². The van der Waals surface area contributed by atoms with Gasteiger partial charge in [-0.25, -0.2) is 17.5 Å². The Hall–Kier alpha value is -1.48. The molecule has 146 valence electrons. The molecule has 1 saturated heterocycles. The third-order valence-electron chi connectivity index (χ3n) is 4.73. The molecule has 0 amide bonds. The van der Waals surface area contributed by atoms with Crippen molar-refractivity contribution in [1.29, 1.82) is 0 Å². The van der Waals surface area contributed by atoms with Crippen molar-refractivity contribution in [3.05, 3.63) is 58.3 Å². The largest absolute Gasteiger partial charge is 0.497 e. The predicted octanol–water partition coefficient (Wildman–Crippen LogP) is 3.71. The number of rotatable bonds is 7. The van der Waals surface area contributed by atoms with Gasteiger partial charge in [0.15, 0.2) is 0 Å².